The van der Waals surface area contributed by atoms with Crippen LogP contribution in [0.4, 0.5) is 5.82 Å². The Morgan fingerprint density at radius 2 is 2.17 bits per heavy atom. The summed E-state index contributed by atoms with van der Waals surface area (Å²) >= 11 is 0. The maximum Gasteiger partial charge on any atom is 0.335 e. The van der Waals surface area contributed by atoms with Crippen molar-refractivity contribution >= 4 is 22.8 Å². The van der Waals surface area contributed by atoms with Crippen molar-refractivity contribution < 1.29 is 9.90 Å². The van der Waals surface area contributed by atoms with Crippen molar-refractivity contribution in [1.29, 1.82) is 0 Å². The summed E-state index contributed by atoms with van der Waals surface area (Å²) in [7, 11) is 0. The quantitative estimate of drug-likeness (QED) is 0.773. The number of fused-ring (bicyclic) bond motifs is 1. The van der Waals surface area contributed by atoms with Gasteiger partial charge in [-0.2, -0.15) is 0 Å². The van der Waals surface area contributed by atoms with Crippen molar-refractivity contribution in [2.45, 2.75) is 25.8 Å². The number of nitrogens with zero attached hydrogens (tertiary/aromatic N) is 3. The largest absolute Gasteiger partial charge is 0.478 e. The number of hydrogen-bond acceptors (Lipinski definition) is 4. The molecule has 24 heavy (non-hydrogen) atoms. The zero-order valence-corrected chi connectivity index (χ0v) is 13.4. The third kappa shape index (κ3) is 2.40. The minimum atomic E-state index is -0.954. The predicted molar refractivity (Wildman–Crippen MR) is 92.3 cm³/mol. The maximum atomic E-state index is 11.2. The Morgan fingerprint density at radius 1 is 1.29 bits per heavy atom. The van der Waals surface area contributed by atoms with E-state index in [0.717, 1.165) is 36.5 Å². The van der Waals surface area contributed by atoms with Crippen LogP contribution in [0.15, 0.2) is 36.7 Å². The Morgan fingerprint density at radius 3 is 2.83 bits per heavy atom. The fourth-order valence-electron chi connectivity index (χ4n) is 3.29. The summed E-state index contributed by atoms with van der Waals surface area (Å²) in [5, 5.41) is 9.21. The second kappa shape index (κ2) is 5.63. The molecule has 0 spiro atoms. The number of carboxylic acids is 1. The van der Waals surface area contributed by atoms with Crippen molar-refractivity contribution in [1.82, 2.24) is 15.0 Å². The summed E-state index contributed by atoms with van der Waals surface area (Å²) in [6, 6.07) is 7.26. The van der Waals surface area contributed by atoms with Gasteiger partial charge in [-0.05, 0) is 44.0 Å². The lowest BCUT2D eigenvalue weighted by molar-refractivity contribution is 0.0697. The van der Waals surface area contributed by atoms with Gasteiger partial charge in [0, 0.05) is 30.5 Å². The van der Waals surface area contributed by atoms with Gasteiger partial charge >= 0.3 is 5.97 Å². The molecule has 3 heterocycles. The molecular weight excluding hydrogens is 304 g/mol. The Labute approximate surface area is 139 Å². The van der Waals surface area contributed by atoms with E-state index in [0.29, 0.717) is 17.1 Å². The van der Waals surface area contributed by atoms with E-state index in [1.54, 1.807) is 18.2 Å². The minimum Gasteiger partial charge on any atom is -0.478 e. The Hall–Kier alpha value is -2.89. The third-order valence-corrected chi connectivity index (χ3v) is 4.59. The van der Waals surface area contributed by atoms with Crippen LogP contribution in [-0.4, -0.2) is 38.6 Å². The van der Waals surface area contributed by atoms with Crippen molar-refractivity contribution in [3.63, 3.8) is 0 Å². The van der Waals surface area contributed by atoms with Crippen LogP contribution in [0.3, 0.4) is 0 Å². The summed E-state index contributed by atoms with van der Waals surface area (Å²) in [6.45, 7) is 3.13. The molecule has 6 heteroatoms. The lowest BCUT2D eigenvalue weighted by Crippen LogP contribution is -2.28. The van der Waals surface area contributed by atoms with Gasteiger partial charge < -0.3 is 15.0 Å². The lowest BCUT2D eigenvalue weighted by Gasteiger charge is -2.24. The molecule has 1 saturated heterocycles. The maximum absolute atomic E-state index is 11.2. The van der Waals surface area contributed by atoms with E-state index >= 15 is 0 Å². The molecule has 0 radical (unpaired) electrons. The number of rotatable bonds is 3. The first-order chi connectivity index (χ1) is 11.6. The van der Waals surface area contributed by atoms with Crippen molar-refractivity contribution in [2.24, 2.45) is 0 Å². The molecule has 4 rings (SSSR count). The molecule has 0 aliphatic carbocycles. The Balaban J connectivity index is 1.94. The molecule has 1 fully saturated rings. The fraction of sp³-hybridized carbons (Fsp3) is 0.278. The standard InChI is InChI=1S/C18H18N4O2/c1-11-3-2-8-22(11)17-16(13-6-7-19-10-13)20-14-5-4-12(18(23)24)9-15(14)21-17/h4-7,9-11,19H,2-3,8H2,1H3,(H,23,24)/t11-/m0/s1. The molecule has 0 bridgehead atoms. The summed E-state index contributed by atoms with van der Waals surface area (Å²) in [6.07, 6.45) is 6.03. The molecular formula is C18H18N4O2. The van der Waals surface area contributed by atoms with E-state index in [-0.39, 0.29) is 5.56 Å². The Kier molecular flexibility index (Phi) is 3.45. The van der Waals surface area contributed by atoms with Crippen LogP contribution < -0.4 is 4.90 Å². The zero-order valence-electron chi connectivity index (χ0n) is 13.4. The predicted octanol–water partition coefficient (Wildman–Crippen LogP) is 3.31. The first-order valence-corrected chi connectivity index (χ1v) is 8.08. The first-order valence-electron chi connectivity index (χ1n) is 8.08. The van der Waals surface area contributed by atoms with Gasteiger partial charge in [0.15, 0.2) is 5.82 Å². The third-order valence-electron chi connectivity index (χ3n) is 4.59. The number of carbonyl (C=O) groups is 1. The van der Waals surface area contributed by atoms with Crippen LogP contribution in [0.25, 0.3) is 22.3 Å². The number of H-pyrrole nitrogens is 1. The van der Waals surface area contributed by atoms with Crippen LogP contribution >= 0.6 is 0 Å². The minimum absolute atomic E-state index is 0.228. The van der Waals surface area contributed by atoms with Gasteiger partial charge in [0.05, 0.1) is 16.6 Å². The van der Waals surface area contributed by atoms with E-state index < -0.39 is 5.97 Å². The number of carboxylic acid groups (broad SMARTS) is 1. The highest BCUT2D eigenvalue weighted by atomic mass is 16.4. The van der Waals surface area contributed by atoms with Crippen molar-refractivity contribution in [3.8, 4) is 11.3 Å². The molecule has 0 amide bonds. The van der Waals surface area contributed by atoms with Gasteiger partial charge in [0.1, 0.15) is 5.69 Å². The van der Waals surface area contributed by atoms with Gasteiger partial charge in [-0.15, -0.1) is 0 Å². The van der Waals surface area contributed by atoms with Crippen molar-refractivity contribution in [2.75, 3.05) is 11.4 Å². The van der Waals surface area contributed by atoms with E-state index in [2.05, 4.69) is 16.8 Å². The molecule has 6 nitrogen and oxygen atoms in total. The van der Waals surface area contributed by atoms with Crippen LogP contribution in [0.2, 0.25) is 0 Å². The average Bonchev–Trinajstić information content (AvgIpc) is 3.24. The number of hydrogen-bond donors (Lipinski definition) is 2. The fourth-order valence-corrected chi connectivity index (χ4v) is 3.29. The van der Waals surface area contributed by atoms with Gasteiger partial charge in [0.2, 0.25) is 0 Å². The molecule has 2 N–H and O–H groups in total. The van der Waals surface area contributed by atoms with E-state index in [1.807, 2.05) is 18.5 Å². The monoisotopic (exact) mass is 322 g/mol. The molecule has 0 saturated carbocycles. The summed E-state index contributed by atoms with van der Waals surface area (Å²) in [5.74, 6) is -0.126. The highest BCUT2D eigenvalue weighted by molar-refractivity contribution is 5.93. The molecule has 1 atom stereocenters. The summed E-state index contributed by atoms with van der Waals surface area (Å²) < 4.78 is 0. The van der Waals surface area contributed by atoms with Gasteiger partial charge in [-0.3, -0.25) is 0 Å². The van der Waals surface area contributed by atoms with Gasteiger partial charge in [0.25, 0.3) is 0 Å². The second-order valence-electron chi connectivity index (χ2n) is 6.19. The Bertz CT molecular complexity index is 905. The molecule has 2 aromatic heterocycles. The highest BCUT2D eigenvalue weighted by Crippen LogP contribution is 2.33. The van der Waals surface area contributed by atoms with Gasteiger partial charge in [-0.1, -0.05) is 0 Å². The SMILES string of the molecule is C[C@H]1CCCN1c1nc2cc(C(=O)O)ccc2nc1-c1cc[nH]c1. The normalized spacial score (nSPS) is 17.5. The number of aromatic nitrogens is 3. The number of aromatic amines is 1. The number of aromatic carboxylic acids is 1. The molecule has 3 aromatic rings. The number of anilines is 1. The van der Waals surface area contributed by atoms with Crippen LogP contribution in [0.1, 0.15) is 30.1 Å². The summed E-state index contributed by atoms with van der Waals surface area (Å²) in [4.78, 5) is 26.1. The van der Waals surface area contributed by atoms with Crippen LogP contribution in [-0.2, 0) is 0 Å². The van der Waals surface area contributed by atoms with Crippen LogP contribution in [0.5, 0.6) is 0 Å². The van der Waals surface area contributed by atoms with E-state index in [4.69, 9.17) is 9.97 Å². The summed E-state index contributed by atoms with van der Waals surface area (Å²) in [5.41, 5.74) is 3.36. The first kappa shape index (κ1) is 14.7. The van der Waals surface area contributed by atoms with E-state index in [1.165, 1.54) is 0 Å². The average molecular weight is 322 g/mol. The molecule has 122 valence electrons. The molecule has 1 aliphatic heterocycles. The molecule has 0 unspecified atom stereocenters. The van der Waals surface area contributed by atoms with Gasteiger partial charge in [-0.25, -0.2) is 14.8 Å². The second-order valence-corrected chi connectivity index (χ2v) is 6.19. The number of benzene rings is 1. The molecule has 1 aromatic carbocycles. The molecule has 1 aliphatic rings. The highest BCUT2D eigenvalue weighted by Gasteiger charge is 2.26. The smallest absolute Gasteiger partial charge is 0.335 e. The topological polar surface area (TPSA) is 82.1 Å². The lowest BCUT2D eigenvalue weighted by atomic mass is 10.1. The van der Waals surface area contributed by atoms with Crippen LogP contribution in [0, 0.1) is 0 Å². The number of nitrogens with one attached hydrogen (secondary N) is 1. The van der Waals surface area contributed by atoms with E-state index in [9.17, 15) is 9.90 Å². The zero-order chi connectivity index (χ0) is 16.7. The van der Waals surface area contributed by atoms with Crippen molar-refractivity contribution in [3.05, 3.63) is 42.2 Å².